The lowest BCUT2D eigenvalue weighted by Crippen LogP contribution is -2.30. The van der Waals surface area contributed by atoms with Crippen LogP contribution in [0, 0.1) is 0 Å². The smallest absolute Gasteiger partial charge is 0.265 e. The van der Waals surface area contributed by atoms with E-state index in [1.54, 1.807) is 11.8 Å². The van der Waals surface area contributed by atoms with Gasteiger partial charge in [0.25, 0.3) is 5.91 Å². The molecule has 0 aromatic heterocycles. The van der Waals surface area contributed by atoms with Gasteiger partial charge in [-0.25, -0.2) is 0 Å². The molecule has 1 atom stereocenters. The number of ether oxygens (including phenoxy) is 1. The predicted octanol–water partition coefficient (Wildman–Crippen LogP) is 4.34. The highest BCUT2D eigenvalue weighted by Gasteiger charge is 2.22. The van der Waals surface area contributed by atoms with Crippen LogP contribution in [0.15, 0.2) is 48.5 Å². The molecule has 1 fully saturated rings. The molecule has 5 nitrogen and oxygen atoms in total. The summed E-state index contributed by atoms with van der Waals surface area (Å²) in [5.41, 5.74) is 2.63. The highest BCUT2D eigenvalue weighted by Crippen LogP contribution is 2.27. The lowest BCUT2D eigenvalue weighted by molar-refractivity contribution is -0.122. The predicted molar refractivity (Wildman–Crippen MR) is 107 cm³/mol. The van der Waals surface area contributed by atoms with Crippen LogP contribution in [0.2, 0.25) is 0 Å². The first-order valence-corrected chi connectivity index (χ1v) is 9.42. The van der Waals surface area contributed by atoms with Crippen LogP contribution in [-0.4, -0.2) is 24.5 Å². The third kappa shape index (κ3) is 4.48. The second-order valence-electron chi connectivity index (χ2n) is 7.14. The van der Waals surface area contributed by atoms with E-state index in [0.29, 0.717) is 18.0 Å². The molecule has 1 heterocycles. The third-order valence-electron chi connectivity index (χ3n) is 4.73. The van der Waals surface area contributed by atoms with Gasteiger partial charge in [-0.2, -0.15) is 0 Å². The zero-order valence-corrected chi connectivity index (χ0v) is 16.1. The molecular weight excluding hydrogens is 340 g/mol. The molecule has 1 aliphatic heterocycles. The lowest BCUT2D eigenvalue weighted by atomic mass is 10.0. The fourth-order valence-corrected chi connectivity index (χ4v) is 3.20. The third-order valence-corrected chi connectivity index (χ3v) is 4.73. The van der Waals surface area contributed by atoms with Crippen LogP contribution >= 0.6 is 0 Å². The molecule has 27 heavy (non-hydrogen) atoms. The minimum absolute atomic E-state index is 0.151. The summed E-state index contributed by atoms with van der Waals surface area (Å²) in [6.07, 6.45) is 0.875. The second-order valence-corrected chi connectivity index (χ2v) is 7.14. The molecule has 1 aliphatic rings. The highest BCUT2D eigenvalue weighted by molar-refractivity contribution is 5.96. The van der Waals surface area contributed by atoms with Crippen LogP contribution in [0.25, 0.3) is 0 Å². The van der Waals surface area contributed by atoms with E-state index >= 15 is 0 Å². The first-order chi connectivity index (χ1) is 13.0. The molecule has 0 saturated carbocycles. The first kappa shape index (κ1) is 19.0. The SMILES string of the molecule is CC(Oc1ccccc1C(C)C)C(=O)Nc1ccc(N2CCCC2=O)cc1. The second kappa shape index (κ2) is 8.25. The average molecular weight is 366 g/mol. The number of para-hydroxylation sites is 1. The molecule has 0 radical (unpaired) electrons. The largest absolute Gasteiger partial charge is 0.481 e. The molecular formula is C22H26N2O3. The van der Waals surface area contributed by atoms with Gasteiger partial charge >= 0.3 is 0 Å². The Morgan fingerprint density at radius 1 is 1.07 bits per heavy atom. The highest BCUT2D eigenvalue weighted by atomic mass is 16.5. The maximum atomic E-state index is 12.5. The van der Waals surface area contributed by atoms with Crippen LogP contribution in [0.3, 0.4) is 0 Å². The van der Waals surface area contributed by atoms with Crippen molar-refractivity contribution < 1.29 is 14.3 Å². The Hall–Kier alpha value is -2.82. The molecule has 2 aromatic carbocycles. The standard InChI is InChI=1S/C22H26N2O3/c1-15(2)19-7-4-5-8-20(19)27-16(3)22(26)23-17-10-12-18(13-11-17)24-14-6-9-21(24)25/h4-5,7-8,10-13,15-16H,6,9,14H2,1-3H3,(H,23,26). The van der Waals surface area contributed by atoms with Crippen molar-refractivity contribution in [2.24, 2.45) is 0 Å². The van der Waals surface area contributed by atoms with E-state index < -0.39 is 6.10 Å². The molecule has 1 N–H and O–H groups in total. The zero-order chi connectivity index (χ0) is 19.4. The number of anilines is 2. The van der Waals surface area contributed by atoms with Crippen LogP contribution < -0.4 is 15.0 Å². The first-order valence-electron chi connectivity index (χ1n) is 9.42. The van der Waals surface area contributed by atoms with Crippen LogP contribution in [0.1, 0.15) is 45.1 Å². The number of nitrogens with zero attached hydrogens (tertiary/aromatic N) is 1. The number of hydrogen-bond acceptors (Lipinski definition) is 3. The van der Waals surface area contributed by atoms with E-state index in [0.717, 1.165) is 30.0 Å². The molecule has 2 amide bonds. The van der Waals surface area contributed by atoms with E-state index in [2.05, 4.69) is 19.2 Å². The van der Waals surface area contributed by atoms with Crippen molar-refractivity contribution in [3.05, 3.63) is 54.1 Å². The van der Waals surface area contributed by atoms with Gasteiger partial charge in [0, 0.05) is 24.3 Å². The van der Waals surface area contributed by atoms with Gasteiger partial charge in [-0.1, -0.05) is 32.0 Å². The van der Waals surface area contributed by atoms with E-state index in [1.807, 2.05) is 48.5 Å². The van der Waals surface area contributed by atoms with Crippen molar-refractivity contribution in [1.29, 1.82) is 0 Å². The summed E-state index contributed by atoms with van der Waals surface area (Å²) in [5, 5.41) is 2.87. The Bertz CT molecular complexity index is 815. The van der Waals surface area contributed by atoms with Gasteiger partial charge in [0.05, 0.1) is 0 Å². The van der Waals surface area contributed by atoms with Crippen molar-refractivity contribution in [2.45, 2.75) is 45.6 Å². The molecule has 1 saturated heterocycles. The zero-order valence-electron chi connectivity index (χ0n) is 16.1. The summed E-state index contributed by atoms with van der Waals surface area (Å²) >= 11 is 0. The molecule has 0 bridgehead atoms. The maximum absolute atomic E-state index is 12.5. The van der Waals surface area contributed by atoms with Gasteiger partial charge in [0.2, 0.25) is 5.91 Å². The minimum Gasteiger partial charge on any atom is -0.481 e. The summed E-state index contributed by atoms with van der Waals surface area (Å²) < 4.78 is 5.89. The lowest BCUT2D eigenvalue weighted by Gasteiger charge is -2.19. The number of rotatable bonds is 6. The van der Waals surface area contributed by atoms with Crippen molar-refractivity contribution in [3.8, 4) is 5.75 Å². The number of benzene rings is 2. The van der Waals surface area contributed by atoms with Gasteiger partial charge in [-0.05, 0) is 55.2 Å². The summed E-state index contributed by atoms with van der Waals surface area (Å²) in [4.78, 5) is 26.1. The van der Waals surface area contributed by atoms with Crippen LogP contribution in [-0.2, 0) is 9.59 Å². The quantitative estimate of drug-likeness (QED) is 0.827. The van der Waals surface area contributed by atoms with Crippen molar-refractivity contribution >= 4 is 23.2 Å². The molecule has 1 unspecified atom stereocenters. The number of nitrogens with one attached hydrogen (secondary N) is 1. The number of carbonyl (C=O) groups excluding carboxylic acids is 2. The molecule has 3 rings (SSSR count). The summed E-state index contributed by atoms with van der Waals surface area (Å²) in [6.45, 7) is 6.69. The Labute approximate surface area is 160 Å². The van der Waals surface area contributed by atoms with Gasteiger partial charge in [0.1, 0.15) is 5.75 Å². The van der Waals surface area contributed by atoms with Gasteiger partial charge < -0.3 is 15.0 Å². The fraction of sp³-hybridized carbons (Fsp3) is 0.364. The number of hydrogen-bond donors (Lipinski definition) is 1. The van der Waals surface area contributed by atoms with E-state index in [9.17, 15) is 9.59 Å². The van der Waals surface area contributed by atoms with Crippen molar-refractivity contribution in [3.63, 3.8) is 0 Å². The molecule has 0 aliphatic carbocycles. The molecule has 0 spiro atoms. The Balaban J connectivity index is 1.62. The van der Waals surface area contributed by atoms with Gasteiger partial charge in [0.15, 0.2) is 6.10 Å². The van der Waals surface area contributed by atoms with E-state index in [4.69, 9.17) is 4.74 Å². The Morgan fingerprint density at radius 2 is 1.78 bits per heavy atom. The molecule has 142 valence electrons. The summed E-state index contributed by atoms with van der Waals surface area (Å²) in [7, 11) is 0. The maximum Gasteiger partial charge on any atom is 0.265 e. The summed E-state index contributed by atoms with van der Waals surface area (Å²) in [5.74, 6) is 0.992. The average Bonchev–Trinajstić information content (AvgIpc) is 3.08. The fourth-order valence-electron chi connectivity index (χ4n) is 3.20. The number of amides is 2. The minimum atomic E-state index is -0.621. The molecule has 5 heteroatoms. The summed E-state index contributed by atoms with van der Waals surface area (Å²) in [6, 6.07) is 15.1. The van der Waals surface area contributed by atoms with Gasteiger partial charge in [-0.15, -0.1) is 0 Å². The van der Waals surface area contributed by atoms with E-state index in [1.165, 1.54) is 0 Å². The van der Waals surface area contributed by atoms with Crippen LogP contribution in [0.5, 0.6) is 5.75 Å². The van der Waals surface area contributed by atoms with Gasteiger partial charge in [-0.3, -0.25) is 9.59 Å². The number of carbonyl (C=O) groups is 2. The Morgan fingerprint density at radius 3 is 2.41 bits per heavy atom. The normalized spacial score (nSPS) is 15.1. The monoisotopic (exact) mass is 366 g/mol. The van der Waals surface area contributed by atoms with Crippen molar-refractivity contribution in [1.82, 2.24) is 0 Å². The van der Waals surface area contributed by atoms with Crippen LogP contribution in [0.4, 0.5) is 11.4 Å². The van der Waals surface area contributed by atoms with Crippen molar-refractivity contribution in [2.75, 3.05) is 16.8 Å². The van der Waals surface area contributed by atoms with E-state index in [-0.39, 0.29) is 11.8 Å². The topological polar surface area (TPSA) is 58.6 Å². The molecule has 2 aromatic rings. The Kier molecular flexibility index (Phi) is 5.79.